The van der Waals surface area contributed by atoms with Gasteiger partial charge in [0.25, 0.3) is 0 Å². The van der Waals surface area contributed by atoms with E-state index in [4.69, 9.17) is 0 Å². The number of nitrogens with zero attached hydrogens (tertiary/aromatic N) is 2. The Labute approximate surface area is 92.7 Å². The molecule has 15 heavy (non-hydrogen) atoms. The molecule has 0 fully saturated rings. The van der Waals surface area contributed by atoms with Gasteiger partial charge in [0.05, 0.1) is 0 Å². The zero-order chi connectivity index (χ0) is 10.9. The van der Waals surface area contributed by atoms with Crippen LogP contribution < -0.4 is 0 Å². The number of imidazole rings is 1. The van der Waals surface area contributed by atoms with Crippen molar-refractivity contribution in [3.05, 3.63) is 18.2 Å². The van der Waals surface area contributed by atoms with Crippen molar-refractivity contribution in [2.45, 2.75) is 53.0 Å². The van der Waals surface area contributed by atoms with E-state index < -0.39 is 0 Å². The molecule has 0 spiro atoms. The molecule has 1 unspecified atom stereocenters. The molecule has 0 saturated carbocycles. The Morgan fingerprint density at radius 2 is 2.13 bits per heavy atom. The van der Waals surface area contributed by atoms with Gasteiger partial charge in [-0.2, -0.15) is 0 Å². The molecule has 0 N–H and O–H groups in total. The summed E-state index contributed by atoms with van der Waals surface area (Å²) < 4.78 is 2.36. The van der Waals surface area contributed by atoms with Gasteiger partial charge in [-0.3, -0.25) is 0 Å². The van der Waals surface area contributed by atoms with Gasteiger partial charge in [-0.05, 0) is 24.2 Å². The van der Waals surface area contributed by atoms with Gasteiger partial charge in [0, 0.05) is 25.4 Å². The zero-order valence-electron chi connectivity index (χ0n) is 10.2. The van der Waals surface area contributed by atoms with Crippen LogP contribution in [-0.2, 0) is 13.0 Å². The first-order chi connectivity index (χ1) is 7.07. The maximum Gasteiger partial charge on any atom is 0.108 e. The topological polar surface area (TPSA) is 17.8 Å². The first-order valence-corrected chi connectivity index (χ1v) is 6.07. The lowest BCUT2D eigenvalue weighted by molar-refractivity contribution is 0.187. The normalized spacial score (nSPS) is 23.0. The zero-order valence-corrected chi connectivity index (χ0v) is 10.2. The van der Waals surface area contributed by atoms with Crippen LogP contribution in [0.1, 0.15) is 45.9 Å². The molecule has 0 aliphatic carbocycles. The van der Waals surface area contributed by atoms with Crippen LogP contribution in [0.4, 0.5) is 0 Å². The highest BCUT2D eigenvalue weighted by atomic mass is 15.1. The standard InChI is InChI=1S/C13H22N2/c1-13(2,3)11-6-4-5-7-12-14-8-9-15(12)10-11/h8-9,11H,4-7,10H2,1-3H3. The summed E-state index contributed by atoms with van der Waals surface area (Å²) >= 11 is 0. The van der Waals surface area contributed by atoms with Gasteiger partial charge < -0.3 is 4.57 Å². The molecule has 1 atom stereocenters. The molecule has 0 aromatic carbocycles. The highest BCUT2D eigenvalue weighted by Crippen LogP contribution is 2.33. The number of hydrogen-bond acceptors (Lipinski definition) is 1. The summed E-state index contributed by atoms with van der Waals surface area (Å²) in [7, 11) is 0. The summed E-state index contributed by atoms with van der Waals surface area (Å²) in [5.74, 6) is 2.06. The molecule has 1 aliphatic rings. The maximum absolute atomic E-state index is 4.44. The number of hydrogen-bond donors (Lipinski definition) is 0. The van der Waals surface area contributed by atoms with Gasteiger partial charge in [0.1, 0.15) is 5.82 Å². The lowest BCUT2D eigenvalue weighted by atomic mass is 9.77. The van der Waals surface area contributed by atoms with Crippen LogP contribution in [0.25, 0.3) is 0 Å². The molecule has 2 nitrogen and oxygen atoms in total. The SMILES string of the molecule is CC(C)(C)C1CCCCc2nccn2C1. The minimum Gasteiger partial charge on any atom is -0.335 e. The minimum atomic E-state index is 0.416. The number of aromatic nitrogens is 2. The monoisotopic (exact) mass is 206 g/mol. The Morgan fingerprint density at radius 3 is 2.87 bits per heavy atom. The fourth-order valence-electron chi connectivity index (χ4n) is 2.44. The van der Waals surface area contributed by atoms with Gasteiger partial charge in [-0.25, -0.2) is 4.98 Å². The smallest absolute Gasteiger partial charge is 0.108 e. The maximum atomic E-state index is 4.44. The predicted molar refractivity (Wildman–Crippen MR) is 62.7 cm³/mol. The molecule has 0 radical (unpaired) electrons. The highest BCUT2D eigenvalue weighted by molar-refractivity contribution is 4.95. The van der Waals surface area contributed by atoms with Crippen molar-refractivity contribution in [3.8, 4) is 0 Å². The Kier molecular flexibility index (Phi) is 2.85. The Balaban J connectivity index is 2.20. The Bertz CT molecular complexity index is 320. The van der Waals surface area contributed by atoms with Crippen LogP contribution in [0.5, 0.6) is 0 Å². The van der Waals surface area contributed by atoms with Crippen LogP contribution in [0, 0.1) is 11.3 Å². The van der Waals surface area contributed by atoms with E-state index in [-0.39, 0.29) is 0 Å². The molecule has 84 valence electrons. The molecule has 0 saturated heterocycles. The van der Waals surface area contributed by atoms with E-state index in [9.17, 15) is 0 Å². The van der Waals surface area contributed by atoms with E-state index >= 15 is 0 Å². The second-order valence-corrected chi connectivity index (χ2v) is 5.80. The molecule has 2 rings (SSSR count). The van der Waals surface area contributed by atoms with E-state index in [1.165, 1.54) is 25.1 Å². The third kappa shape index (κ3) is 2.42. The second kappa shape index (κ2) is 3.99. The van der Waals surface area contributed by atoms with Crippen molar-refractivity contribution in [2.75, 3.05) is 0 Å². The average Bonchev–Trinajstić information content (AvgIpc) is 2.48. The van der Waals surface area contributed by atoms with Gasteiger partial charge in [-0.1, -0.05) is 27.2 Å². The molecular formula is C13H22N2. The van der Waals surface area contributed by atoms with Crippen LogP contribution >= 0.6 is 0 Å². The van der Waals surface area contributed by atoms with E-state index in [0.717, 1.165) is 18.9 Å². The fourth-order valence-corrected chi connectivity index (χ4v) is 2.44. The van der Waals surface area contributed by atoms with Gasteiger partial charge in [0.15, 0.2) is 0 Å². The lowest BCUT2D eigenvalue weighted by Crippen LogP contribution is -2.27. The van der Waals surface area contributed by atoms with Crippen molar-refractivity contribution in [1.29, 1.82) is 0 Å². The summed E-state index contributed by atoms with van der Waals surface area (Å²) in [6, 6.07) is 0. The summed E-state index contributed by atoms with van der Waals surface area (Å²) in [6.45, 7) is 8.22. The molecular weight excluding hydrogens is 184 g/mol. The number of aryl methyl sites for hydroxylation is 1. The Hall–Kier alpha value is -0.790. The summed E-state index contributed by atoms with van der Waals surface area (Å²) in [4.78, 5) is 4.44. The molecule has 2 heterocycles. The molecule has 1 aromatic heterocycles. The van der Waals surface area contributed by atoms with Crippen LogP contribution in [0.3, 0.4) is 0 Å². The Morgan fingerprint density at radius 1 is 1.33 bits per heavy atom. The van der Waals surface area contributed by atoms with Gasteiger partial charge >= 0.3 is 0 Å². The largest absolute Gasteiger partial charge is 0.335 e. The molecule has 2 heteroatoms. The van der Waals surface area contributed by atoms with Gasteiger partial charge in [0.2, 0.25) is 0 Å². The van der Waals surface area contributed by atoms with E-state index in [2.05, 4.69) is 36.5 Å². The first kappa shape index (κ1) is 10.7. The minimum absolute atomic E-state index is 0.416. The fraction of sp³-hybridized carbons (Fsp3) is 0.769. The molecule has 1 aliphatic heterocycles. The van der Waals surface area contributed by atoms with Crippen LogP contribution in [0.15, 0.2) is 12.4 Å². The van der Waals surface area contributed by atoms with E-state index in [1.54, 1.807) is 0 Å². The van der Waals surface area contributed by atoms with E-state index in [0.29, 0.717) is 5.41 Å². The van der Waals surface area contributed by atoms with Crippen LogP contribution in [0.2, 0.25) is 0 Å². The van der Waals surface area contributed by atoms with Crippen molar-refractivity contribution in [1.82, 2.24) is 9.55 Å². The number of fused-ring (bicyclic) bond motifs is 1. The summed E-state index contributed by atoms with van der Waals surface area (Å²) in [6.07, 6.45) is 9.25. The lowest BCUT2D eigenvalue weighted by Gasteiger charge is -2.32. The molecule has 1 aromatic rings. The van der Waals surface area contributed by atoms with Crippen LogP contribution in [-0.4, -0.2) is 9.55 Å². The van der Waals surface area contributed by atoms with Crippen molar-refractivity contribution >= 4 is 0 Å². The predicted octanol–water partition coefficient (Wildman–Crippen LogP) is 3.27. The van der Waals surface area contributed by atoms with E-state index in [1.807, 2.05) is 6.20 Å². The number of rotatable bonds is 0. The molecule has 0 bridgehead atoms. The van der Waals surface area contributed by atoms with Gasteiger partial charge in [-0.15, -0.1) is 0 Å². The summed E-state index contributed by atoms with van der Waals surface area (Å²) in [5.41, 5.74) is 0.416. The van der Waals surface area contributed by atoms with Crippen molar-refractivity contribution < 1.29 is 0 Å². The van der Waals surface area contributed by atoms with Crippen molar-refractivity contribution in [2.24, 2.45) is 11.3 Å². The third-order valence-electron chi connectivity index (χ3n) is 3.65. The quantitative estimate of drug-likeness (QED) is 0.637. The van der Waals surface area contributed by atoms with Crippen molar-refractivity contribution in [3.63, 3.8) is 0 Å². The first-order valence-electron chi connectivity index (χ1n) is 6.07. The highest BCUT2D eigenvalue weighted by Gasteiger charge is 2.26. The average molecular weight is 206 g/mol. The second-order valence-electron chi connectivity index (χ2n) is 5.80. The molecule has 0 amide bonds. The summed E-state index contributed by atoms with van der Waals surface area (Å²) in [5, 5.41) is 0. The third-order valence-corrected chi connectivity index (χ3v) is 3.65.